The van der Waals surface area contributed by atoms with E-state index in [1.54, 1.807) is 19.2 Å². The molecule has 0 atom stereocenters. The molecule has 138 valence electrons. The van der Waals surface area contributed by atoms with Gasteiger partial charge in [-0.05, 0) is 43.0 Å². The Labute approximate surface area is 152 Å². The highest BCUT2D eigenvalue weighted by atomic mass is 16.5. The smallest absolute Gasteiger partial charge is 0.314 e. The number of nitrogens with one attached hydrogen (secondary N) is 2. The van der Waals surface area contributed by atoms with Crippen LogP contribution in [0.1, 0.15) is 30.0 Å². The quantitative estimate of drug-likeness (QED) is 0.753. The Morgan fingerprint density at radius 1 is 1.15 bits per heavy atom. The van der Waals surface area contributed by atoms with E-state index in [0.29, 0.717) is 25.6 Å². The molecule has 7 heteroatoms. The van der Waals surface area contributed by atoms with E-state index in [0.717, 1.165) is 36.3 Å². The molecule has 0 bridgehead atoms. The molecule has 0 aliphatic heterocycles. The van der Waals surface area contributed by atoms with Gasteiger partial charge >= 0.3 is 6.03 Å². The molecule has 7 nitrogen and oxygen atoms in total. The van der Waals surface area contributed by atoms with E-state index < -0.39 is 0 Å². The standard InChI is InChI=1S/C19H24N4O3/c1-26-16-6-2-14(3-7-16)10-11-20-19(25)21-12-13-23-18(24)9-8-17(22-23)15-4-5-15/h2-3,6-9,15H,4-5,10-13H2,1H3,(H2,20,21,25). The summed E-state index contributed by atoms with van der Waals surface area (Å²) in [5.74, 6) is 1.31. The number of carbonyl (C=O) groups is 1. The van der Waals surface area contributed by atoms with Crippen LogP contribution in [0.3, 0.4) is 0 Å². The molecule has 1 aromatic heterocycles. The summed E-state index contributed by atoms with van der Waals surface area (Å²) in [6.45, 7) is 1.26. The molecule has 1 fully saturated rings. The lowest BCUT2D eigenvalue weighted by Crippen LogP contribution is -2.39. The fraction of sp³-hybridized carbons (Fsp3) is 0.421. The molecule has 2 amide bonds. The van der Waals surface area contributed by atoms with E-state index in [4.69, 9.17) is 4.74 Å². The number of hydrogen-bond acceptors (Lipinski definition) is 4. The van der Waals surface area contributed by atoms with E-state index in [2.05, 4.69) is 15.7 Å². The predicted octanol–water partition coefficient (Wildman–Crippen LogP) is 1.67. The zero-order chi connectivity index (χ0) is 18.4. The first kappa shape index (κ1) is 18.0. The van der Waals surface area contributed by atoms with Gasteiger partial charge in [0.2, 0.25) is 0 Å². The summed E-state index contributed by atoms with van der Waals surface area (Å²) in [5, 5.41) is 9.94. The molecule has 1 saturated carbocycles. The molecule has 0 radical (unpaired) electrons. The molecule has 0 unspecified atom stereocenters. The first-order valence-corrected chi connectivity index (χ1v) is 8.88. The highest BCUT2D eigenvalue weighted by Crippen LogP contribution is 2.38. The van der Waals surface area contributed by atoms with Gasteiger partial charge in [-0.25, -0.2) is 9.48 Å². The van der Waals surface area contributed by atoms with Crippen LogP contribution in [0.5, 0.6) is 5.75 Å². The van der Waals surface area contributed by atoms with E-state index >= 15 is 0 Å². The molecule has 3 rings (SSSR count). The third-order valence-corrected chi connectivity index (χ3v) is 4.35. The van der Waals surface area contributed by atoms with Crippen molar-refractivity contribution in [1.29, 1.82) is 0 Å². The van der Waals surface area contributed by atoms with Gasteiger partial charge in [0.25, 0.3) is 5.56 Å². The molecule has 0 saturated heterocycles. The summed E-state index contributed by atoms with van der Waals surface area (Å²) >= 11 is 0. The van der Waals surface area contributed by atoms with Crippen LogP contribution in [0.25, 0.3) is 0 Å². The van der Waals surface area contributed by atoms with Crippen LogP contribution in [0.4, 0.5) is 4.79 Å². The lowest BCUT2D eigenvalue weighted by atomic mass is 10.1. The highest BCUT2D eigenvalue weighted by molar-refractivity contribution is 5.73. The Morgan fingerprint density at radius 3 is 2.58 bits per heavy atom. The van der Waals surface area contributed by atoms with E-state index in [-0.39, 0.29) is 11.6 Å². The number of methoxy groups -OCH3 is 1. The van der Waals surface area contributed by atoms with Crippen molar-refractivity contribution in [3.63, 3.8) is 0 Å². The van der Waals surface area contributed by atoms with Gasteiger partial charge in [0.1, 0.15) is 5.75 Å². The Hall–Kier alpha value is -2.83. The van der Waals surface area contributed by atoms with Crippen molar-refractivity contribution in [2.75, 3.05) is 20.2 Å². The number of amides is 2. The van der Waals surface area contributed by atoms with Crippen LogP contribution in [0, 0.1) is 0 Å². The molecule has 1 aromatic carbocycles. The number of aromatic nitrogens is 2. The molecule has 2 aromatic rings. The zero-order valence-electron chi connectivity index (χ0n) is 14.9. The largest absolute Gasteiger partial charge is 0.497 e. The molecule has 26 heavy (non-hydrogen) atoms. The van der Waals surface area contributed by atoms with Crippen LogP contribution in [0.15, 0.2) is 41.2 Å². The van der Waals surface area contributed by atoms with Gasteiger partial charge in [-0.15, -0.1) is 0 Å². The monoisotopic (exact) mass is 356 g/mol. The van der Waals surface area contributed by atoms with Crippen LogP contribution in [-0.2, 0) is 13.0 Å². The van der Waals surface area contributed by atoms with Crippen molar-refractivity contribution in [2.45, 2.75) is 31.7 Å². The van der Waals surface area contributed by atoms with Crippen LogP contribution in [0.2, 0.25) is 0 Å². The summed E-state index contributed by atoms with van der Waals surface area (Å²) in [5.41, 5.74) is 1.95. The molecule has 1 aliphatic carbocycles. The Bertz CT molecular complexity index is 797. The lowest BCUT2D eigenvalue weighted by Gasteiger charge is -2.09. The van der Waals surface area contributed by atoms with Crippen molar-refractivity contribution in [3.05, 3.63) is 58.0 Å². The van der Waals surface area contributed by atoms with Gasteiger partial charge in [-0.3, -0.25) is 4.79 Å². The normalized spacial score (nSPS) is 13.3. The molecular weight excluding hydrogens is 332 g/mol. The van der Waals surface area contributed by atoms with Crippen molar-refractivity contribution in [1.82, 2.24) is 20.4 Å². The SMILES string of the molecule is COc1ccc(CCNC(=O)NCCn2nc(C3CC3)ccc2=O)cc1. The van der Waals surface area contributed by atoms with Crippen LogP contribution < -0.4 is 20.9 Å². The van der Waals surface area contributed by atoms with Crippen molar-refractivity contribution in [2.24, 2.45) is 0 Å². The third kappa shape index (κ3) is 5.08. The minimum absolute atomic E-state index is 0.142. The van der Waals surface area contributed by atoms with Crippen LogP contribution >= 0.6 is 0 Å². The average Bonchev–Trinajstić information content (AvgIpc) is 3.49. The summed E-state index contributed by atoms with van der Waals surface area (Å²) < 4.78 is 6.54. The van der Waals surface area contributed by atoms with Crippen molar-refractivity contribution in [3.8, 4) is 5.75 Å². The predicted molar refractivity (Wildman–Crippen MR) is 98.6 cm³/mol. The second-order valence-electron chi connectivity index (χ2n) is 6.37. The average molecular weight is 356 g/mol. The summed E-state index contributed by atoms with van der Waals surface area (Å²) in [4.78, 5) is 23.7. The van der Waals surface area contributed by atoms with E-state index in [1.807, 2.05) is 24.3 Å². The summed E-state index contributed by atoms with van der Waals surface area (Å²) in [7, 11) is 1.63. The van der Waals surface area contributed by atoms with Gasteiger partial charge in [-0.2, -0.15) is 5.10 Å². The maximum atomic E-state index is 11.8. The Kier molecular flexibility index (Phi) is 5.88. The number of nitrogens with zero attached hydrogens (tertiary/aromatic N) is 2. The fourth-order valence-electron chi connectivity index (χ4n) is 2.67. The Morgan fingerprint density at radius 2 is 1.88 bits per heavy atom. The zero-order valence-corrected chi connectivity index (χ0v) is 14.9. The number of ether oxygens (including phenoxy) is 1. The van der Waals surface area contributed by atoms with Crippen LogP contribution in [-0.4, -0.2) is 36.0 Å². The Balaban J connectivity index is 1.37. The molecular formula is C19H24N4O3. The molecule has 0 spiro atoms. The second-order valence-corrected chi connectivity index (χ2v) is 6.37. The lowest BCUT2D eigenvalue weighted by molar-refractivity contribution is 0.240. The van der Waals surface area contributed by atoms with Gasteiger partial charge in [-0.1, -0.05) is 12.1 Å². The van der Waals surface area contributed by atoms with Crippen molar-refractivity contribution < 1.29 is 9.53 Å². The van der Waals surface area contributed by atoms with Gasteiger partial charge in [0, 0.05) is 25.1 Å². The number of rotatable bonds is 8. The summed E-state index contributed by atoms with van der Waals surface area (Å²) in [6, 6.07) is 10.9. The van der Waals surface area contributed by atoms with Gasteiger partial charge in [0.05, 0.1) is 19.3 Å². The minimum Gasteiger partial charge on any atom is -0.497 e. The maximum Gasteiger partial charge on any atom is 0.314 e. The topological polar surface area (TPSA) is 85.2 Å². The van der Waals surface area contributed by atoms with Gasteiger partial charge in [0.15, 0.2) is 0 Å². The fourth-order valence-corrected chi connectivity index (χ4v) is 2.67. The molecule has 2 N–H and O–H groups in total. The number of carbonyl (C=O) groups excluding carboxylic acids is 1. The molecule has 1 aliphatic rings. The van der Waals surface area contributed by atoms with E-state index in [9.17, 15) is 9.59 Å². The summed E-state index contributed by atoms with van der Waals surface area (Å²) in [6.07, 6.45) is 3.02. The second kappa shape index (κ2) is 8.51. The minimum atomic E-state index is -0.245. The van der Waals surface area contributed by atoms with E-state index in [1.165, 1.54) is 4.68 Å². The molecule has 1 heterocycles. The maximum absolute atomic E-state index is 11.8. The first-order chi connectivity index (χ1) is 12.7. The first-order valence-electron chi connectivity index (χ1n) is 8.88. The third-order valence-electron chi connectivity index (χ3n) is 4.35. The highest BCUT2D eigenvalue weighted by Gasteiger charge is 2.25. The van der Waals surface area contributed by atoms with Crippen molar-refractivity contribution >= 4 is 6.03 Å². The van der Waals surface area contributed by atoms with Gasteiger partial charge < -0.3 is 15.4 Å². The number of benzene rings is 1. The number of urea groups is 1. The number of hydrogen-bond donors (Lipinski definition) is 2.